The molecule has 1 aromatic rings. The van der Waals surface area contributed by atoms with Crippen molar-refractivity contribution < 1.29 is 18.7 Å². The summed E-state index contributed by atoms with van der Waals surface area (Å²) in [7, 11) is -3.19. The molecule has 0 aromatic heterocycles. The standard InChI is InChI=1S/C48H65O4P/c1-36(21-17-23-38(3)27-29-45-40(5)31-43(49)33-47(45,7)8)19-15-16-20-37(2)22-18-24-39(4)28-30-46-41(6)32-44(34-48(46,9)10)52-53(11,50)51-35-42-25-13-12-14-26-42/h12-31,43-45,49H,32-35H2,1-11H3/b16-15+,21-17+,22-18+,29-27+,30-28+,36-19+,37-20+,38-23+,39-24+. The third kappa shape index (κ3) is 15.4. The highest BCUT2D eigenvalue weighted by Crippen LogP contribution is 2.51. The van der Waals surface area contributed by atoms with Crippen LogP contribution in [0.2, 0.25) is 0 Å². The molecule has 5 heteroatoms. The third-order valence-electron chi connectivity index (χ3n) is 9.96. The van der Waals surface area contributed by atoms with Gasteiger partial charge < -0.3 is 14.2 Å². The van der Waals surface area contributed by atoms with Gasteiger partial charge in [-0.2, -0.15) is 0 Å². The summed E-state index contributed by atoms with van der Waals surface area (Å²) in [4.78, 5) is 0. The normalized spacial score (nSPS) is 24.7. The lowest BCUT2D eigenvalue weighted by Crippen LogP contribution is -2.32. The van der Waals surface area contributed by atoms with Gasteiger partial charge in [0.15, 0.2) is 0 Å². The summed E-state index contributed by atoms with van der Waals surface area (Å²) in [6.45, 7) is 23.5. The maximum absolute atomic E-state index is 13.1. The van der Waals surface area contributed by atoms with E-state index in [1.807, 2.05) is 36.4 Å². The minimum atomic E-state index is -3.19. The number of rotatable bonds is 15. The van der Waals surface area contributed by atoms with E-state index in [9.17, 15) is 9.67 Å². The van der Waals surface area contributed by atoms with E-state index in [4.69, 9.17) is 9.05 Å². The van der Waals surface area contributed by atoms with Crippen LogP contribution in [0.1, 0.15) is 94.1 Å². The number of allylic oxidation sites excluding steroid dienone is 20. The van der Waals surface area contributed by atoms with Gasteiger partial charge in [0.05, 0.1) is 18.8 Å². The number of aliphatic hydroxyl groups is 1. The third-order valence-corrected chi connectivity index (χ3v) is 11.2. The number of aliphatic hydroxyl groups excluding tert-OH is 1. The lowest BCUT2D eigenvalue weighted by atomic mass is 9.67. The van der Waals surface area contributed by atoms with E-state index in [1.54, 1.807) is 6.66 Å². The van der Waals surface area contributed by atoms with Crippen LogP contribution in [0.3, 0.4) is 0 Å². The van der Waals surface area contributed by atoms with E-state index in [-0.39, 0.29) is 29.6 Å². The van der Waals surface area contributed by atoms with Crippen LogP contribution in [0, 0.1) is 16.7 Å². The molecule has 3 rings (SSSR count). The molecule has 4 atom stereocenters. The number of hydrogen-bond donors (Lipinski definition) is 1. The first-order valence-electron chi connectivity index (χ1n) is 19.0. The minimum Gasteiger partial charge on any atom is -0.389 e. The van der Waals surface area contributed by atoms with E-state index < -0.39 is 7.60 Å². The zero-order valence-corrected chi connectivity index (χ0v) is 35.1. The fourth-order valence-electron chi connectivity index (χ4n) is 7.25. The summed E-state index contributed by atoms with van der Waals surface area (Å²) in [5, 5.41) is 10.1. The van der Waals surface area contributed by atoms with Gasteiger partial charge in [-0.3, -0.25) is 4.57 Å². The molecule has 1 N–H and O–H groups in total. The molecular formula is C48H65O4P. The zero-order chi connectivity index (χ0) is 39.2. The predicted octanol–water partition coefficient (Wildman–Crippen LogP) is 13.5. The van der Waals surface area contributed by atoms with Crippen LogP contribution in [0.15, 0.2) is 160 Å². The Labute approximate surface area is 322 Å². The second kappa shape index (κ2) is 20.2. The molecule has 0 saturated heterocycles. The number of benzene rings is 1. The van der Waals surface area contributed by atoms with Crippen molar-refractivity contribution in [1.82, 2.24) is 0 Å². The predicted molar refractivity (Wildman–Crippen MR) is 228 cm³/mol. The molecule has 0 spiro atoms. The van der Waals surface area contributed by atoms with E-state index in [0.717, 1.165) is 24.8 Å². The molecule has 0 bridgehead atoms. The molecule has 0 heterocycles. The molecular weight excluding hydrogens is 671 g/mol. The molecule has 0 saturated carbocycles. The first-order chi connectivity index (χ1) is 24.9. The SMILES string of the molecule is CC1=CC(O)CC(C)(C)C1/C=C/C(C)=C/C=C/C(C)=C/C=C/C=C(C)/C=C/C=C(C)/C=C/C1=C(C)CC(OP(C)(=O)OCc2ccccc2)CC1(C)C. The van der Waals surface area contributed by atoms with Crippen LogP contribution in [-0.2, 0) is 20.2 Å². The fraction of sp³-hybridized carbons (Fsp3) is 0.417. The van der Waals surface area contributed by atoms with Crippen LogP contribution >= 0.6 is 7.60 Å². The second-order valence-corrected chi connectivity index (χ2v) is 18.3. The van der Waals surface area contributed by atoms with Crippen molar-refractivity contribution in [3.63, 3.8) is 0 Å². The Balaban J connectivity index is 1.50. The van der Waals surface area contributed by atoms with Crippen LogP contribution in [0.25, 0.3) is 0 Å². The van der Waals surface area contributed by atoms with E-state index >= 15 is 0 Å². The highest BCUT2D eigenvalue weighted by Gasteiger charge is 2.36. The van der Waals surface area contributed by atoms with Crippen molar-refractivity contribution in [2.75, 3.05) is 6.66 Å². The van der Waals surface area contributed by atoms with Gasteiger partial charge in [0.25, 0.3) is 0 Å². The van der Waals surface area contributed by atoms with Gasteiger partial charge in [0.2, 0.25) is 0 Å². The Morgan fingerprint density at radius 1 is 0.811 bits per heavy atom. The highest BCUT2D eigenvalue weighted by molar-refractivity contribution is 7.52. The average Bonchev–Trinajstić information content (AvgIpc) is 3.04. The molecule has 0 amide bonds. The van der Waals surface area contributed by atoms with E-state index in [2.05, 4.69) is 154 Å². The topological polar surface area (TPSA) is 55.8 Å². The van der Waals surface area contributed by atoms with Gasteiger partial charge in [-0.05, 0) is 82.8 Å². The Morgan fingerprint density at radius 3 is 1.92 bits per heavy atom. The van der Waals surface area contributed by atoms with Crippen LogP contribution in [-0.4, -0.2) is 24.0 Å². The fourth-order valence-corrected chi connectivity index (χ4v) is 8.39. The van der Waals surface area contributed by atoms with E-state index in [1.165, 1.54) is 39.0 Å². The molecule has 0 fully saturated rings. The van der Waals surface area contributed by atoms with Gasteiger partial charge in [0.1, 0.15) is 0 Å². The lowest BCUT2D eigenvalue weighted by Gasteiger charge is -2.38. The second-order valence-electron chi connectivity index (χ2n) is 16.3. The van der Waals surface area contributed by atoms with Crippen molar-refractivity contribution in [2.45, 2.75) is 107 Å². The van der Waals surface area contributed by atoms with Gasteiger partial charge in [-0.25, -0.2) is 0 Å². The first kappa shape index (κ1) is 43.9. The van der Waals surface area contributed by atoms with Crippen molar-refractivity contribution in [3.8, 4) is 0 Å². The largest absolute Gasteiger partial charge is 0.389 e. The smallest absolute Gasteiger partial charge is 0.328 e. The molecule has 4 nitrogen and oxygen atoms in total. The molecule has 0 radical (unpaired) electrons. The van der Waals surface area contributed by atoms with Gasteiger partial charge in [-0.1, -0.05) is 183 Å². The van der Waals surface area contributed by atoms with Crippen LogP contribution < -0.4 is 0 Å². The number of hydrogen-bond acceptors (Lipinski definition) is 4. The van der Waals surface area contributed by atoms with Gasteiger partial charge >= 0.3 is 7.60 Å². The molecule has 4 unspecified atom stereocenters. The average molecular weight is 737 g/mol. The molecule has 53 heavy (non-hydrogen) atoms. The monoisotopic (exact) mass is 736 g/mol. The molecule has 1 aromatic carbocycles. The Bertz CT molecular complexity index is 1780. The van der Waals surface area contributed by atoms with Crippen molar-refractivity contribution >= 4 is 7.60 Å². The Kier molecular flexibility index (Phi) is 16.7. The minimum absolute atomic E-state index is 0.0454. The van der Waals surface area contributed by atoms with Crippen LogP contribution in [0.5, 0.6) is 0 Å². The van der Waals surface area contributed by atoms with Gasteiger partial charge in [-0.15, -0.1) is 0 Å². The molecule has 2 aliphatic rings. The summed E-state index contributed by atoms with van der Waals surface area (Å²) >= 11 is 0. The highest BCUT2D eigenvalue weighted by atomic mass is 31.2. The maximum atomic E-state index is 13.1. The van der Waals surface area contributed by atoms with Crippen molar-refractivity contribution in [2.24, 2.45) is 16.7 Å². The molecule has 286 valence electrons. The summed E-state index contributed by atoms with van der Waals surface area (Å²) < 4.78 is 25.0. The van der Waals surface area contributed by atoms with Crippen molar-refractivity contribution in [1.29, 1.82) is 0 Å². The summed E-state index contributed by atoms with van der Waals surface area (Å²) in [5.41, 5.74) is 9.43. The van der Waals surface area contributed by atoms with Gasteiger partial charge in [0, 0.05) is 12.6 Å². The quantitative estimate of drug-likeness (QED) is 0.111. The van der Waals surface area contributed by atoms with Crippen molar-refractivity contribution in [3.05, 3.63) is 166 Å². The van der Waals surface area contributed by atoms with Crippen LogP contribution in [0.4, 0.5) is 0 Å². The lowest BCUT2D eigenvalue weighted by molar-refractivity contribution is 0.107. The Morgan fingerprint density at radius 2 is 1.36 bits per heavy atom. The maximum Gasteiger partial charge on any atom is 0.328 e. The van der Waals surface area contributed by atoms with E-state index in [0.29, 0.717) is 5.92 Å². The zero-order valence-electron chi connectivity index (χ0n) is 34.2. The summed E-state index contributed by atoms with van der Waals surface area (Å²) in [5.74, 6) is 0.336. The Hall–Kier alpha value is -3.53. The first-order valence-corrected chi connectivity index (χ1v) is 20.9. The summed E-state index contributed by atoms with van der Waals surface area (Å²) in [6.07, 6.45) is 33.7. The summed E-state index contributed by atoms with van der Waals surface area (Å²) in [6, 6.07) is 9.78. The molecule has 2 aliphatic carbocycles. The molecule has 0 aliphatic heterocycles.